The molecule has 0 saturated carbocycles. The number of ether oxygens (including phenoxy) is 1. The minimum atomic E-state index is -1.34. The van der Waals surface area contributed by atoms with Crippen LogP contribution in [0, 0.1) is 12.3 Å². The normalized spacial score (nSPS) is 17.8. The van der Waals surface area contributed by atoms with Gasteiger partial charge in [0.1, 0.15) is 11.2 Å². The number of nitrogens with zero attached hydrogens (tertiary/aromatic N) is 1. The summed E-state index contributed by atoms with van der Waals surface area (Å²) in [7, 11) is 1.41. The zero-order chi connectivity index (χ0) is 15.9. The number of anilines is 1. The van der Waals surface area contributed by atoms with Gasteiger partial charge in [0.15, 0.2) is 0 Å². The number of barbiturate groups is 1. The zero-order valence-electron chi connectivity index (χ0n) is 12.1. The van der Waals surface area contributed by atoms with E-state index in [0.29, 0.717) is 10.6 Å². The standard InChI is InChI=1S/C14H15ClN2O4/c1-7-5-9(10(21-4)6-8(7)15)17-12(19)14(2,3)11(18)16-13(17)20/h5-6H,1-4H3,(H,16,18,20). The van der Waals surface area contributed by atoms with E-state index >= 15 is 0 Å². The fourth-order valence-corrected chi connectivity index (χ4v) is 2.14. The molecule has 0 spiro atoms. The van der Waals surface area contributed by atoms with Crippen molar-refractivity contribution in [3.63, 3.8) is 0 Å². The number of methoxy groups -OCH3 is 1. The lowest BCUT2D eigenvalue weighted by Crippen LogP contribution is -2.62. The molecule has 4 amide bonds. The van der Waals surface area contributed by atoms with Crippen molar-refractivity contribution in [1.82, 2.24) is 5.32 Å². The average Bonchev–Trinajstić information content (AvgIpc) is 2.40. The van der Waals surface area contributed by atoms with E-state index < -0.39 is 23.3 Å². The molecule has 0 bridgehead atoms. The van der Waals surface area contributed by atoms with E-state index in [2.05, 4.69) is 5.32 Å². The first-order chi connectivity index (χ1) is 9.70. The fourth-order valence-electron chi connectivity index (χ4n) is 1.98. The number of benzene rings is 1. The lowest BCUT2D eigenvalue weighted by atomic mass is 9.88. The van der Waals surface area contributed by atoms with Crippen LogP contribution in [-0.2, 0) is 9.59 Å². The predicted octanol–water partition coefficient (Wildman–Crippen LogP) is 2.27. The smallest absolute Gasteiger partial charge is 0.335 e. The van der Waals surface area contributed by atoms with Crippen LogP contribution in [0.4, 0.5) is 10.5 Å². The number of halogens is 1. The molecule has 112 valence electrons. The predicted molar refractivity (Wildman–Crippen MR) is 77.5 cm³/mol. The minimum absolute atomic E-state index is 0.252. The Balaban J connectivity index is 2.60. The molecule has 1 aliphatic heterocycles. The second-order valence-corrected chi connectivity index (χ2v) is 5.71. The van der Waals surface area contributed by atoms with Gasteiger partial charge < -0.3 is 4.74 Å². The lowest BCUT2D eigenvalue weighted by Gasteiger charge is -2.35. The highest BCUT2D eigenvalue weighted by Gasteiger charge is 2.48. The average molecular weight is 311 g/mol. The molecule has 1 aromatic rings. The molecule has 1 heterocycles. The molecule has 1 saturated heterocycles. The van der Waals surface area contributed by atoms with E-state index in [4.69, 9.17) is 16.3 Å². The molecule has 1 aromatic carbocycles. The van der Waals surface area contributed by atoms with Crippen molar-refractivity contribution in [2.75, 3.05) is 12.0 Å². The number of rotatable bonds is 2. The van der Waals surface area contributed by atoms with E-state index in [1.165, 1.54) is 27.0 Å². The molecule has 6 nitrogen and oxygen atoms in total. The van der Waals surface area contributed by atoms with Crippen LogP contribution in [0.5, 0.6) is 5.75 Å². The Labute approximate surface area is 127 Å². The number of amides is 4. The van der Waals surface area contributed by atoms with Gasteiger partial charge in [-0.15, -0.1) is 0 Å². The first-order valence-electron chi connectivity index (χ1n) is 6.24. The summed E-state index contributed by atoms with van der Waals surface area (Å²) in [5.41, 5.74) is -0.405. The molecule has 0 aromatic heterocycles. The topological polar surface area (TPSA) is 75.7 Å². The monoisotopic (exact) mass is 310 g/mol. The summed E-state index contributed by atoms with van der Waals surface area (Å²) in [4.78, 5) is 37.2. The molecule has 0 atom stereocenters. The summed E-state index contributed by atoms with van der Waals surface area (Å²) in [6.07, 6.45) is 0. The Morgan fingerprint density at radius 1 is 1.24 bits per heavy atom. The molecule has 21 heavy (non-hydrogen) atoms. The van der Waals surface area contributed by atoms with Crippen LogP contribution >= 0.6 is 11.6 Å². The Hall–Kier alpha value is -2.08. The van der Waals surface area contributed by atoms with E-state index in [1.807, 2.05) is 0 Å². The highest BCUT2D eigenvalue weighted by atomic mass is 35.5. The number of imide groups is 2. The number of carbonyl (C=O) groups is 3. The maximum atomic E-state index is 12.5. The molecule has 0 radical (unpaired) electrons. The number of hydrogen-bond donors (Lipinski definition) is 1. The molecule has 7 heteroatoms. The maximum Gasteiger partial charge on any atom is 0.335 e. The Kier molecular flexibility index (Phi) is 3.67. The molecule has 2 rings (SSSR count). The molecule has 1 fully saturated rings. The van der Waals surface area contributed by atoms with Crippen molar-refractivity contribution < 1.29 is 19.1 Å². The number of urea groups is 1. The van der Waals surface area contributed by atoms with Gasteiger partial charge in [-0.2, -0.15) is 0 Å². The van der Waals surface area contributed by atoms with Crippen LogP contribution in [0.25, 0.3) is 0 Å². The van der Waals surface area contributed by atoms with Crippen molar-refractivity contribution in [2.45, 2.75) is 20.8 Å². The van der Waals surface area contributed by atoms with E-state index in [-0.39, 0.29) is 11.4 Å². The second-order valence-electron chi connectivity index (χ2n) is 5.30. The van der Waals surface area contributed by atoms with Crippen LogP contribution in [0.2, 0.25) is 5.02 Å². The van der Waals surface area contributed by atoms with Gasteiger partial charge in [0.25, 0.3) is 0 Å². The Morgan fingerprint density at radius 3 is 2.43 bits per heavy atom. The van der Waals surface area contributed by atoms with Crippen LogP contribution in [-0.4, -0.2) is 25.0 Å². The molecule has 1 aliphatic rings. The number of carbonyl (C=O) groups excluding carboxylic acids is 3. The van der Waals surface area contributed by atoms with Gasteiger partial charge in [0.05, 0.1) is 12.8 Å². The van der Waals surface area contributed by atoms with E-state index in [9.17, 15) is 14.4 Å². The maximum absolute atomic E-state index is 12.5. The first kappa shape index (κ1) is 15.3. The fraction of sp³-hybridized carbons (Fsp3) is 0.357. The summed E-state index contributed by atoms with van der Waals surface area (Å²) < 4.78 is 5.18. The van der Waals surface area contributed by atoms with Crippen LogP contribution in [0.1, 0.15) is 19.4 Å². The highest BCUT2D eigenvalue weighted by Crippen LogP contribution is 2.37. The Bertz CT molecular complexity index is 655. The molecule has 1 N–H and O–H groups in total. The van der Waals surface area contributed by atoms with Crippen molar-refractivity contribution in [3.8, 4) is 5.75 Å². The third-order valence-electron chi connectivity index (χ3n) is 3.43. The van der Waals surface area contributed by atoms with Crippen LogP contribution < -0.4 is 15.0 Å². The third kappa shape index (κ3) is 2.35. The minimum Gasteiger partial charge on any atom is -0.494 e. The van der Waals surface area contributed by atoms with E-state index in [0.717, 1.165) is 4.90 Å². The van der Waals surface area contributed by atoms with Crippen molar-refractivity contribution in [3.05, 3.63) is 22.7 Å². The summed E-state index contributed by atoms with van der Waals surface area (Å²) >= 11 is 6.02. The van der Waals surface area contributed by atoms with Crippen molar-refractivity contribution >= 4 is 35.1 Å². The number of nitrogens with one attached hydrogen (secondary N) is 1. The van der Waals surface area contributed by atoms with Crippen molar-refractivity contribution in [2.24, 2.45) is 5.41 Å². The van der Waals surface area contributed by atoms with Gasteiger partial charge in [0, 0.05) is 11.1 Å². The second kappa shape index (κ2) is 5.04. The van der Waals surface area contributed by atoms with Crippen molar-refractivity contribution in [1.29, 1.82) is 0 Å². The highest BCUT2D eigenvalue weighted by molar-refractivity contribution is 6.32. The Morgan fingerprint density at radius 2 is 1.86 bits per heavy atom. The van der Waals surface area contributed by atoms with Gasteiger partial charge in [-0.1, -0.05) is 11.6 Å². The first-order valence-corrected chi connectivity index (χ1v) is 6.62. The van der Waals surface area contributed by atoms with Crippen LogP contribution in [0.3, 0.4) is 0 Å². The number of hydrogen-bond acceptors (Lipinski definition) is 4. The largest absolute Gasteiger partial charge is 0.494 e. The molecular formula is C14H15ClN2O4. The molecule has 0 unspecified atom stereocenters. The molecule has 0 aliphatic carbocycles. The lowest BCUT2D eigenvalue weighted by molar-refractivity contribution is -0.140. The van der Waals surface area contributed by atoms with Gasteiger partial charge in [0.2, 0.25) is 11.8 Å². The van der Waals surface area contributed by atoms with Gasteiger partial charge in [-0.25, -0.2) is 9.69 Å². The summed E-state index contributed by atoms with van der Waals surface area (Å²) in [6, 6.07) is 2.30. The third-order valence-corrected chi connectivity index (χ3v) is 3.84. The zero-order valence-corrected chi connectivity index (χ0v) is 12.9. The number of aryl methyl sites for hydroxylation is 1. The van der Waals surface area contributed by atoms with Gasteiger partial charge >= 0.3 is 6.03 Å². The summed E-state index contributed by atoms with van der Waals surface area (Å²) in [6.45, 7) is 4.66. The molecular weight excluding hydrogens is 296 g/mol. The summed E-state index contributed by atoms with van der Waals surface area (Å²) in [5, 5.41) is 2.63. The summed E-state index contributed by atoms with van der Waals surface area (Å²) in [5.74, 6) is -0.964. The SMILES string of the molecule is COc1cc(Cl)c(C)cc1N1C(=O)NC(=O)C(C)(C)C1=O. The van der Waals surface area contributed by atoms with Gasteiger partial charge in [-0.05, 0) is 32.4 Å². The quantitative estimate of drug-likeness (QED) is 0.850. The van der Waals surface area contributed by atoms with E-state index in [1.54, 1.807) is 13.0 Å². The van der Waals surface area contributed by atoms with Gasteiger partial charge in [-0.3, -0.25) is 14.9 Å². The van der Waals surface area contributed by atoms with Crippen LogP contribution in [0.15, 0.2) is 12.1 Å².